The molecule has 1 atom stereocenters. The Balaban J connectivity index is 4.42. The number of carbonyl (C=O) groups excluding carboxylic acids is 3. The van der Waals surface area contributed by atoms with Crippen molar-refractivity contribution in [3.63, 3.8) is 0 Å². The van der Waals surface area contributed by atoms with Gasteiger partial charge >= 0.3 is 17.9 Å². The van der Waals surface area contributed by atoms with Crippen molar-refractivity contribution in [3.05, 3.63) is 97.2 Å². The molecule has 66 heavy (non-hydrogen) atoms. The topological polar surface area (TPSA) is 78.9 Å². The van der Waals surface area contributed by atoms with E-state index >= 15 is 0 Å². The largest absolute Gasteiger partial charge is 0.462 e. The van der Waals surface area contributed by atoms with Gasteiger partial charge in [-0.1, -0.05) is 240 Å². The standard InChI is InChI=1S/C60H100O6/c1-4-7-10-13-16-19-22-24-26-28-30-32-33-35-38-41-44-47-50-53-59(62)65-56-57(55-64-58(61)52-49-46-43-40-37-21-18-15-12-9-6-3)66-60(63)54-51-48-45-42-39-36-34-31-29-27-25-23-20-17-14-11-8-5-2/h11,14-20,22-25,27,29,31,34,57H,4-10,12-13,21,26,28,30,32-33,35-56H2,1-3H3/b14-11-,18-15-,19-16-,20-17-,24-22-,25-23-,29-27-,34-31-. The van der Waals surface area contributed by atoms with Gasteiger partial charge in [-0.3, -0.25) is 14.4 Å². The first-order chi connectivity index (χ1) is 32.5. The molecule has 0 aromatic heterocycles. The summed E-state index contributed by atoms with van der Waals surface area (Å²) >= 11 is 0. The van der Waals surface area contributed by atoms with Crippen LogP contribution in [0.3, 0.4) is 0 Å². The average molecular weight is 917 g/mol. The van der Waals surface area contributed by atoms with Crippen molar-refractivity contribution in [2.45, 2.75) is 252 Å². The van der Waals surface area contributed by atoms with E-state index in [1.54, 1.807) is 0 Å². The molecular weight excluding hydrogens is 817 g/mol. The number of esters is 3. The van der Waals surface area contributed by atoms with Gasteiger partial charge in [0.25, 0.3) is 0 Å². The van der Waals surface area contributed by atoms with Gasteiger partial charge in [0.05, 0.1) is 0 Å². The molecule has 0 saturated heterocycles. The second-order valence-electron chi connectivity index (χ2n) is 17.9. The molecule has 0 amide bonds. The van der Waals surface area contributed by atoms with Gasteiger partial charge in [-0.15, -0.1) is 0 Å². The smallest absolute Gasteiger partial charge is 0.306 e. The minimum atomic E-state index is -0.796. The molecule has 0 aromatic carbocycles. The Bertz CT molecular complexity index is 1330. The summed E-state index contributed by atoms with van der Waals surface area (Å²) in [6, 6.07) is 0. The molecule has 0 radical (unpaired) electrons. The number of hydrogen-bond donors (Lipinski definition) is 0. The number of allylic oxidation sites excluding steroid dienone is 16. The fourth-order valence-electron chi connectivity index (χ4n) is 7.27. The lowest BCUT2D eigenvalue weighted by atomic mass is 10.1. The van der Waals surface area contributed by atoms with E-state index in [2.05, 4.69) is 93.7 Å². The number of ether oxygens (including phenoxy) is 3. The van der Waals surface area contributed by atoms with Crippen LogP contribution in [0.2, 0.25) is 0 Å². The molecule has 0 aliphatic carbocycles. The Morgan fingerprint density at radius 3 is 1.02 bits per heavy atom. The molecule has 0 aliphatic rings. The minimum absolute atomic E-state index is 0.0933. The third-order valence-corrected chi connectivity index (χ3v) is 11.4. The molecule has 1 unspecified atom stereocenters. The fourth-order valence-corrected chi connectivity index (χ4v) is 7.27. The maximum atomic E-state index is 12.8. The van der Waals surface area contributed by atoms with Gasteiger partial charge in [-0.25, -0.2) is 0 Å². The summed E-state index contributed by atoms with van der Waals surface area (Å²) in [5.74, 6) is -0.932. The van der Waals surface area contributed by atoms with E-state index < -0.39 is 6.10 Å². The van der Waals surface area contributed by atoms with Crippen LogP contribution in [0.25, 0.3) is 0 Å². The highest BCUT2D eigenvalue weighted by molar-refractivity contribution is 5.71. The Morgan fingerprint density at radius 2 is 0.606 bits per heavy atom. The summed E-state index contributed by atoms with van der Waals surface area (Å²) in [5.41, 5.74) is 0. The first kappa shape index (κ1) is 62.3. The van der Waals surface area contributed by atoms with Crippen LogP contribution in [0, 0.1) is 0 Å². The maximum Gasteiger partial charge on any atom is 0.306 e. The lowest BCUT2D eigenvalue weighted by Gasteiger charge is -2.18. The van der Waals surface area contributed by atoms with Crippen molar-refractivity contribution < 1.29 is 28.6 Å². The summed E-state index contributed by atoms with van der Waals surface area (Å²) in [6.07, 6.45) is 71.0. The zero-order valence-electron chi connectivity index (χ0n) is 42.9. The Labute approximate surface area is 407 Å². The Kier molecular flexibility index (Phi) is 50.9. The van der Waals surface area contributed by atoms with Crippen LogP contribution >= 0.6 is 0 Å². The number of unbranched alkanes of at least 4 members (excludes halogenated alkanes) is 26. The van der Waals surface area contributed by atoms with Gasteiger partial charge in [0.15, 0.2) is 6.10 Å². The maximum absolute atomic E-state index is 12.8. The van der Waals surface area contributed by atoms with E-state index in [9.17, 15) is 14.4 Å². The first-order valence-corrected chi connectivity index (χ1v) is 27.3. The van der Waals surface area contributed by atoms with E-state index in [1.807, 2.05) is 24.3 Å². The molecule has 0 heterocycles. The molecule has 6 heteroatoms. The monoisotopic (exact) mass is 917 g/mol. The van der Waals surface area contributed by atoms with Gasteiger partial charge in [0.1, 0.15) is 13.2 Å². The molecule has 6 nitrogen and oxygen atoms in total. The molecule has 0 saturated carbocycles. The predicted octanol–water partition coefficient (Wildman–Crippen LogP) is 18.1. The van der Waals surface area contributed by atoms with Crippen LogP contribution in [-0.4, -0.2) is 37.2 Å². The number of rotatable bonds is 48. The summed E-state index contributed by atoms with van der Waals surface area (Å²) in [4.78, 5) is 38.0. The summed E-state index contributed by atoms with van der Waals surface area (Å²) in [5, 5.41) is 0. The van der Waals surface area contributed by atoms with Gasteiger partial charge in [-0.2, -0.15) is 0 Å². The fraction of sp³-hybridized carbons (Fsp3) is 0.683. The molecule has 0 fully saturated rings. The highest BCUT2D eigenvalue weighted by Crippen LogP contribution is 2.14. The third kappa shape index (κ3) is 51.3. The highest BCUT2D eigenvalue weighted by Gasteiger charge is 2.19. The van der Waals surface area contributed by atoms with Gasteiger partial charge in [-0.05, 0) is 83.5 Å². The molecule has 0 N–H and O–H groups in total. The van der Waals surface area contributed by atoms with E-state index in [-0.39, 0.29) is 31.1 Å². The summed E-state index contributed by atoms with van der Waals surface area (Å²) < 4.78 is 16.8. The zero-order chi connectivity index (χ0) is 47.9. The Morgan fingerprint density at radius 1 is 0.303 bits per heavy atom. The van der Waals surface area contributed by atoms with E-state index in [4.69, 9.17) is 14.2 Å². The number of carbonyl (C=O) groups is 3. The van der Waals surface area contributed by atoms with Crippen LogP contribution in [0.5, 0.6) is 0 Å². The zero-order valence-corrected chi connectivity index (χ0v) is 42.9. The second kappa shape index (κ2) is 53.9. The van der Waals surface area contributed by atoms with Crippen LogP contribution in [0.1, 0.15) is 245 Å². The van der Waals surface area contributed by atoms with E-state index in [0.29, 0.717) is 19.3 Å². The van der Waals surface area contributed by atoms with Crippen LogP contribution in [0.4, 0.5) is 0 Å². The van der Waals surface area contributed by atoms with Crippen LogP contribution in [0.15, 0.2) is 97.2 Å². The first-order valence-electron chi connectivity index (χ1n) is 27.3. The number of hydrogen-bond acceptors (Lipinski definition) is 6. The van der Waals surface area contributed by atoms with Crippen LogP contribution in [-0.2, 0) is 28.6 Å². The third-order valence-electron chi connectivity index (χ3n) is 11.4. The molecule has 0 aromatic rings. The molecule has 0 spiro atoms. The van der Waals surface area contributed by atoms with Crippen LogP contribution < -0.4 is 0 Å². The molecule has 0 aliphatic heterocycles. The highest BCUT2D eigenvalue weighted by atomic mass is 16.6. The van der Waals surface area contributed by atoms with Crippen molar-refractivity contribution in [1.82, 2.24) is 0 Å². The molecule has 0 bridgehead atoms. The van der Waals surface area contributed by atoms with Gasteiger partial charge in [0.2, 0.25) is 0 Å². The van der Waals surface area contributed by atoms with E-state index in [1.165, 1.54) is 109 Å². The average Bonchev–Trinajstić information content (AvgIpc) is 3.31. The quantitative estimate of drug-likeness (QED) is 0.0199. The molecule has 0 rings (SSSR count). The Hall–Kier alpha value is -3.67. The summed E-state index contributed by atoms with van der Waals surface area (Å²) in [6.45, 7) is 6.45. The lowest BCUT2D eigenvalue weighted by Crippen LogP contribution is -2.30. The molecule has 376 valence electrons. The van der Waals surface area contributed by atoms with E-state index in [0.717, 1.165) is 96.3 Å². The normalized spacial score (nSPS) is 12.8. The van der Waals surface area contributed by atoms with Gasteiger partial charge in [0, 0.05) is 19.3 Å². The minimum Gasteiger partial charge on any atom is -0.462 e. The van der Waals surface area contributed by atoms with Gasteiger partial charge < -0.3 is 14.2 Å². The van der Waals surface area contributed by atoms with Crippen molar-refractivity contribution in [1.29, 1.82) is 0 Å². The predicted molar refractivity (Wildman–Crippen MR) is 284 cm³/mol. The van der Waals surface area contributed by atoms with Crippen molar-refractivity contribution >= 4 is 17.9 Å². The van der Waals surface area contributed by atoms with Crippen molar-refractivity contribution in [3.8, 4) is 0 Å². The summed E-state index contributed by atoms with van der Waals surface area (Å²) in [7, 11) is 0. The molecular formula is C60H100O6. The van der Waals surface area contributed by atoms with Crippen molar-refractivity contribution in [2.24, 2.45) is 0 Å². The van der Waals surface area contributed by atoms with Crippen molar-refractivity contribution in [2.75, 3.05) is 13.2 Å². The SMILES string of the molecule is CCC\C=C/C=C\C=C/C=C\C=C/CCCCCCCC(=O)OC(COC(=O)CCCCCCC/C=C\CCCC)COC(=O)CCCCCCCCCCCC/C=C\C=C/CCCCC. The second-order valence-corrected chi connectivity index (χ2v) is 17.9. The lowest BCUT2D eigenvalue weighted by molar-refractivity contribution is -0.167.